The summed E-state index contributed by atoms with van der Waals surface area (Å²) in [7, 11) is 0. The molecule has 1 aliphatic rings. The molecule has 1 aliphatic heterocycles. The van der Waals surface area contributed by atoms with Gasteiger partial charge in [0.05, 0.1) is 0 Å². The molecule has 1 fully saturated rings. The third kappa shape index (κ3) is 4.83. The normalized spacial score (nSPS) is 17.9. The lowest BCUT2D eigenvalue weighted by Gasteiger charge is -2.33. The van der Waals surface area contributed by atoms with Gasteiger partial charge in [-0.2, -0.15) is 0 Å². The molecule has 1 aromatic heterocycles. The average molecular weight is 328 g/mol. The molecular formula is C19H24N2OS. The number of likely N-dealkylation sites (tertiary alicyclic amines) is 1. The predicted octanol–water partition coefficient (Wildman–Crippen LogP) is 4.17. The van der Waals surface area contributed by atoms with E-state index in [0.29, 0.717) is 18.4 Å². The second kappa shape index (κ2) is 8.16. The Balaban J connectivity index is 1.44. The van der Waals surface area contributed by atoms with Crippen LogP contribution in [-0.4, -0.2) is 29.9 Å². The molecular weight excluding hydrogens is 304 g/mol. The first-order valence-corrected chi connectivity index (χ1v) is 9.31. The lowest BCUT2D eigenvalue weighted by atomic mass is 10.0. The van der Waals surface area contributed by atoms with E-state index in [1.165, 1.54) is 4.88 Å². The van der Waals surface area contributed by atoms with Gasteiger partial charge in [0.1, 0.15) is 0 Å². The lowest BCUT2D eigenvalue weighted by molar-refractivity contribution is -0.132. The molecule has 0 bridgehead atoms. The number of nitrogens with one attached hydrogen (secondary N) is 1. The maximum atomic E-state index is 12.4. The molecule has 0 saturated carbocycles. The summed E-state index contributed by atoms with van der Waals surface area (Å²) in [6.07, 6.45) is 4.85. The van der Waals surface area contributed by atoms with Crippen LogP contribution in [0.2, 0.25) is 0 Å². The molecule has 1 saturated heterocycles. The first kappa shape index (κ1) is 16.1. The Morgan fingerprint density at radius 2 is 2.09 bits per heavy atom. The van der Waals surface area contributed by atoms with Gasteiger partial charge in [0.25, 0.3) is 0 Å². The highest BCUT2D eigenvalue weighted by molar-refractivity contribution is 7.09. The van der Waals surface area contributed by atoms with Gasteiger partial charge in [0.15, 0.2) is 0 Å². The van der Waals surface area contributed by atoms with E-state index in [2.05, 4.69) is 35.0 Å². The number of anilines is 1. The number of carbonyl (C=O) groups excluding carboxylic acids is 1. The van der Waals surface area contributed by atoms with Crippen molar-refractivity contribution < 1.29 is 4.79 Å². The van der Waals surface area contributed by atoms with Gasteiger partial charge in [0.2, 0.25) is 5.91 Å². The summed E-state index contributed by atoms with van der Waals surface area (Å²) >= 11 is 1.78. The molecule has 3 rings (SSSR count). The Labute approximate surface area is 142 Å². The van der Waals surface area contributed by atoms with E-state index in [-0.39, 0.29) is 0 Å². The molecule has 0 radical (unpaired) electrons. The highest BCUT2D eigenvalue weighted by atomic mass is 32.1. The van der Waals surface area contributed by atoms with Crippen LogP contribution in [0.3, 0.4) is 0 Å². The number of para-hydroxylation sites is 1. The second-order valence-corrected chi connectivity index (χ2v) is 7.15. The molecule has 1 N–H and O–H groups in total. The minimum absolute atomic E-state index is 0.307. The zero-order chi connectivity index (χ0) is 15.9. The van der Waals surface area contributed by atoms with Gasteiger partial charge in [-0.05, 0) is 49.3 Å². The van der Waals surface area contributed by atoms with Crippen LogP contribution in [0.25, 0.3) is 0 Å². The third-order valence-corrected chi connectivity index (χ3v) is 5.25. The van der Waals surface area contributed by atoms with Gasteiger partial charge in [0, 0.05) is 36.1 Å². The summed E-state index contributed by atoms with van der Waals surface area (Å²) in [5.41, 5.74) is 1.14. The van der Waals surface area contributed by atoms with E-state index in [9.17, 15) is 4.79 Å². The number of hydrogen-bond acceptors (Lipinski definition) is 3. The molecule has 2 aromatic rings. The molecule has 1 unspecified atom stereocenters. The topological polar surface area (TPSA) is 32.3 Å². The fourth-order valence-corrected chi connectivity index (χ4v) is 3.87. The smallest absolute Gasteiger partial charge is 0.222 e. The Kier molecular flexibility index (Phi) is 5.70. The molecule has 4 heteroatoms. The van der Waals surface area contributed by atoms with Crippen LogP contribution in [0.1, 0.15) is 30.6 Å². The van der Waals surface area contributed by atoms with Crippen LogP contribution in [0.4, 0.5) is 5.69 Å². The predicted molar refractivity (Wildman–Crippen MR) is 96.9 cm³/mol. The van der Waals surface area contributed by atoms with Gasteiger partial charge >= 0.3 is 0 Å². The summed E-state index contributed by atoms with van der Waals surface area (Å²) in [5.74, 6) is 0.307. The van der Waals surface area contributed by atoms with Crippen molar-refractivity contribution in [2.24, 2.45) is 0 Å². The number of carbonyl (C=O) groups is 1. The number of hydrogen-bond donors (Lipinski definition) is 1. The second-order valence-electron chi connectivity index (χ2n) is 6.12. The summed E-state index contributed by atoms with van der Waals surface area (Å²) < 4.78 is 0. The van der Waals surface area contributed by atoms with Crippen LogP contribution in [0.15, 0.2) is 47.8 Å². The van der Waals surface area contributed by atoms with Gasteiger partial charge in [-0.1, -0.05) is 24.3 Å². The highest BCUT2D eigenvalue weighted by Crippen LogP contribution is 2.18. The maximum Gasteiger partial charge on any atom is 0.222 e. The molecule has 3 nitrogen and oxygen atoms in total. The molecule has 122 valence electrons. The van der Waals surface area contributed by atoms with Crippen molar-refractivity contribution in [3.8, 4) is 0 Å². The molecule has 1 amide bonds. The standard InChI is InChI=1S/C19H24N2OS/c22-19(12-4-10-18-11-6-14-23-18)21-13-5-9-17(15-21)20-16-7-2-1-3-8-16/h1-3,6-8,11,14,17,20H,4-5,9-10,12-13,15H2. The van der Waals surface area contributed by atoms with E-state index < -0.39 is 0 Å². The number of amides is 1. The van der Waals surface area contributed by atoms with Crippen LogP contribution in [0.5, 0.6) is 0 Å². The number of rotatable bonds is 6. The van der Waals surface area contributed by atoms with E-state index >= 15 is 0 Å². The SMILES string of the molecule is O=C(CCCc1cccs1)N1CCCC(Nc2ccccc2)C1. The minimum Gasteiger partial charge on any atom is -0.381 e. The summed E-state index contributed by atoms with van der Waals surface area (Å²) in [6, 6.07) is 14.9. The van der Waals surface area contributed by atoms with Crippen molar-refractivity contribution in [1.29, 1.82) is 0 Å². The first-order valence-electron chi connectivity index (χ1n) is 8.43. The fourth-order valence-electron chi connectivity index (χ4n) is 3.12. The molecule has 1 aromatic carbocycles. The Bertz CT molecular complexity index is 597. The van der Waals surface area contributed by atoms with Crippen LogP contribution < -0.4 is 5.32 Å². The molecule has 0 aliphatic carbocycles. The van der Waals surface area contributed by atoms with Gasteiger partial charge in [-0.15, -0.1) is 11.3 Å². The zero-order valence-electron chi connectivity index (χ0n) is 13.4. The van der Waals surface area contributed by atoms with E-state index in [1.54, 1.807) is 11.3 Å². The average Bonchev–Trinajstić information content (AvgIpc) is 3.09. The fraction of sp³-hybridized carbons (Fsp3) is 0.421. The van der Waals surface area contributed by atoms with Crippen molar-refractivity contribution in [1.82, 2.24) is 4.90 Å². The lowest BCUT2D eigenvalue weighted by Crippen LogP contribution is -2.45. The van der Waals surface area contributed by atoms with E-state index in [1.807, 2.05) is 23.1 Å². The van der Waals surface area contributed by atoms with Gasteiger partial charge in [-0.3, -0.25) is 4.79 Å². The number of piperidine rings is 1. The summed E-state index contributed by atoms with van der Waals surface area (Å²) in [6.45, 7) is 1.73. The maximum absolute atomic E-state index is 12.4. The van der Waals surface area contributed by atoms with Crippen LogP contribution in [-0.2, 0) is 11.2 Å². The summed E-state index contributed by atoms with van der Waals surface area (Å²) in [5, 5.41) is 5.65. The highest BCUT2D eigenvalue weighted by Gasteiger charge is 2.23. The van der Waals surface area contributed by atoms with Crippen molar-refractivity contribution in [2.45, 2.75) is 38.1 Å². The van der Waals surface area contributed by atoms with Crippen molar-refractivity contribution in [3.63, 3.8) is 0 Å². The number of aryl methyl sites for hydroxylation is 1. The van der Waals surface area contributed by atoms with Crippen LogP contribution >= 0.6 is 11.3 Å². The van der Waals surface area contributed by atoms with Gasteiger partial charge in [-0.25, -0.2) is 0 Å². The molecule has 23 heavy (non-hydrogen) atoms. The Hall–Kier alpha value is -1.81. The van der Waals surface area contributed by atoms with Crippen molar-refractivity contribution in [2.75, 3.05) is 18.4 Å². The Morgan fingerprint density at radius 1 is 1.22 bits per heavy atom. The Morgan fingerprint density at radius 3 is 2.87 bits per heavy atom. The van der Waals surface area contributed by atoms with Crippen LogP contribution in [0, 0.1) is 0 Å². The number of benzene rings is 1. The molecule has 1 atom stereocenters. The third-order valence-electron chi connectivity index (χ3n) is 4.31. The summed E-state index contributed by atoms with van der Waals surface area (Å²) in [4.78, 5) is 15.8. The molecule has 0 spiro atoms. The largest absolute Gasteiger partial charge is 0.381 e. The van der Waals surface area contributed by atoms with E-state index in [4.69, 9.17) is 0 Å². The minimum atomic E-state index is 0.307. The van der Waals surface area contributed by atoms with E-state index in [0.717, 1.165) is 44.5 Å². The zero-order valence-corrected chi connectivity index (χ0v) is 14.2. The number of thiophene rings is 1. The van der Waals surface area contributed by atoms with Gasteiger partial charge < -0.3 is 10.2 Å². The monoisotopic (exact) mass is 328 g/mol. The quantitative estimate of drug-likeness (QED) is 0.863. The first-order chi connectivity index (χ1) is 11.3. The van der Waals surface area contributed by atoms with Crippen molar-refractivity contribution >= 4 is 22.9 Å². The number of nitrogens with zero attached hydrogens (tertiary/aromatic N) is 1. The van der Waals surface area contributed by atoms with Crippen molar-refractivity contribution in [3.05, 3.63) is 52.7 Å². The molecule has 2 heterocycles.